The van der Waals surface area contributed by atoms with Gasteiger partial charge < -0.3 is 20.1 Å². The van der Waals surface area contributed by atoms with E-state index in [-0.39, 0.29) is 11.9 Å². The van der Waals surface area contributed by atoms with Gasteiger partial charge in [0.1, 0.15) is 11.4 Å². The fraction of sp³-hybridized carbons (Fsp3) is 0.389. The number of carbonyl (C=O) groups excluding carboxylic acids is 1. The van der Waals surface area contributed by atoms with Crippen molar-refractivity contribution >= 4 is 29.1 Å². The summed E-state index contributed by atoms with van der Waals surface area (Å²) in [7, 11) is 3.16. The maximum absolute atomic E-state index is 11.5. The summed E-state index contributed by atoms with van der Waals surface area (Å²) in [6, 6.07) is 13.9. The number of carbonyl (C=O) groups is 1. The molecule has 1 saturated carbocycles. The van der Waals surface area contributed by atoms with E-state index in [1.54, 1.807) is 26.6 Å². The van der Waals surface area contributed by atoms with Gasteiger partial charge in [-0.1, -0.05) is 59.6 Å². The number of methoxy groups -OCH3 is 2. The van der Waals surface area contributed by atoms with Crippen molar-refractivity contribution < 1.29 is 14.3 Å². The van der Waals surface area contributed by atoms with E-state index < -0.39 is 0 Å². The second kappa shape index (κ2) is 15.3. The van der Waals surface area contributed by atoms with Gasteiger partial charge in [0, 0.05) is 47.7 Å². The van der Waals surface area contributed by atoms with Crippen LogP contribution in [0.2, 0.25) is 10.0 Å². The van der Waals surface area contributed by atoms with Crippen molar-refractivity contribution in [2.75, 3.05) is 20.8 Å². The van der Waals surface area contributed by atoms with Gasteiger partial charge in [-0.15, -0.1) is 0 Å². The van der Waals surface area contributed by atoms with Crippen LogP contribution in [0.25, 0.3) is 33.6 Å². The molecule has 1 amide bonds. The van der Waals surface area contributed by atoms with Crippen molar-refractivity contribution in [3.05, 3.63) is 70.2 Å². The molecule has 0 spiro atoms. The predicted molar refractivity (Wildman–Crippen MR) is 185 cm³/mol. The van der Waals surface area contributed by atoms with E-state index in [4.69, 9.17) is 47.9 Å². The van der Waals surface area contributed by atoms with Gasteiger partial charge in [0.25, 0.3) is 0 Å². The normalized spacial score (nSPS) is 18.3. The van der Waals surface area contributed by atoms with Crippen LogP contribution in [0, 0.1) is 23.2 Å². The Balaban J connectivity index is 1.19. The molecule has 3 atom stereocenters. The molecule has 2 aromatic carbocycles. The summed E-state index contributed by atoms with van der Waals surface area (Å²) in [5.74, 6) is 2.02. The molecule has 2 aliphatic rings. The van der Waals surface area contributed by atoms with Crippen LogP contribution >= 0.6 is 23.2 Å². The standard InChI is InChI=1S/C36H37Cl2N7O3/c1-47-35-28(11-3-6-23-12-13-32(46)43-23)41-19-29(44-35)26-9-4-7-24(33(26)37)25-8-5-10-27(34(25)38)30-20-42-31(36(45-30)48-2)18-40-17-22-16-21(22)14-15-39/h4-5,7-10,19-23,40H,3,6,11-14,16-18H2,1-2H3,(H,43,46)/t21?,22?,23-/m1/s1. The van der Waals surface area contributed by atoms with Crippen molar-refractivity contribution in [2.45, 2.75) is 57.5 Å². The zero-order chi connectivity index (χ0) is 33.6. The Morgan fingerprint density at radius 2 is 1.52 bits per heavy atom. The zero-order valence-corrected chi connectivity index (χ0v) is 28.4. The van der Waals surface area contributed by atoms with Crippen LogP contribution in [-0.2, 0) is 17.8 Å². The molecule has 248 valence electrons. The summed E-state index contributed by atoms with van der Waals surface area (Å²) in [4.78, 5) is 30.3. The molecular formula is C36H37Cl2N7O3. The molecule has 4 aromatic rings. The molecule has 12 heteroatoms. The minimum Gasteiger partial charge on any atom is -0.480 e. The van der Waals surface area contributed by atoms with Crippen molar-refractivity contribution in [1.29, 1.82) is 5.26 Å². The van der Waals surface area contributed by atoms with E-state index in [0.717, 1.165) is 49.0 Å². The van der Waals surface area contributed by atoms with Gasteiger partial charge >= 0.3 is 0 Å². The number of hydrogen-bond donors (Lipinski definition) is 2. The van der Waals surface area contributed by atoms with Gasteiger partial charge in [-0.2, -0.15) is 5.26 Å². The number of ether oxygens (including phenoxy) is 2. The maximum Gasteiger partial charge on any atom is 0.237 e. The highest BCUT2D eigenvalue weighted by Gasteiger charge is 2.36. The fourth-order valence-electron chi connectivity index (χ4n) is 6.26. The fourth-order valence-corrected chi connectivity index (χ4v) is 6.91. The topological polar surface area (TPSA) is 135 Å². The van der Waals surface area contributed by atoms with Gasteiger partial charge in [-0.05, 0) is 50.5 Å². The summed E-state index contributed by atoms with van der Waals surface area (Å²) in [6.07, 6.45) is 9.02. The molecule has 0 bridgehead atoms. The van der Waals surface area contributed by atoms with E-state index in [1.807, 2.05) is 36.4 Å². The van der Waals surface area contributed by atoms with Crippen molar-refractivity contribution in [3.63, 3.8) is 0 Å². The SMILES string of the molecule is COc1nc(-c2cccc(-c3cccc(-c4cnc(CNCC5CC5CC#N)c(OC)n4)c3Cl)c2Cl)cnc1CCC[C@@H]1CCC(=O)N1. The first kappa shape index (κ1) is 33.6. The van der Waals surface area contributed by atoms with E-state index in [1.165, 1.54) is 0 Å². The van der Waals surface area contributed by atoms with E-state index >= 15 is 0 Å². The number of rotatable bonds is 14. The van der Waals surface area contributed by atoms with E-state index in [0.29, 0.717) is 87.7 Å². The molecular weight excluding hydrogens is 649 g/mol. The molecule has 0 radical (unpaired) electrons. The third kappa shape index (κ3) is 7.54. The number of nitrogens with zero attached hydrogens (tertiary/aromatic N) is 5. The maximum atomic E-state index is 11.5. The van der Waals surface area contributed by atoms with Crippen molar-refractivity contribution in [2.24, 2.45) is 11.8 Å². The third-order valence-electron chi connectivity index (χ3n) is 9.02. The lowest BCUT2D eigenvalue weighted by Crippen LogP contribution is -2.25. The third-order valence-corrected chi connectivity index (χ3v) is 9.84. The molecule has 1 aliphatic heterocycles. The Labute approximate surface area is 290 Å². The number of benzene rings is 2. The first-order chi connectivity index (χ1) is 23.4. The molecule has 2 N–H and O–H groups in total. The molecule has 1 saturated heterocycles. The summed E-state index contributed by atoms with van der Waals surface area (Å²) < 4.78 is 11.2. The van der Waals surface area contributed by atoms with Crippen molar-refractivity contribution in [1.82, 2.24) is 30.6 Å². The predicted octanol–water partition coefficient (Wildman–Crippen LogP) is 6.83. The lowest BCUT2D eigenvalue weighted by Gasteiger charge is -2.15. The van der Waals surface area contributed by atoms with Gasteiger partial charge in [-0.3, -0.25) is 14.8 Å². The molecule has 2 fully saturated rings. The second-order valence-corrected chi connectivity index (χ2v) is 13.0. The Morgan fingerprint density at radius 1 is 0.917 bits per heavy atom. The summed E-state index contributed by atoms with van der Waals surface area (Å²) >= 11 is 14.1. The number of aromatic nitrogens is 4. The van der Waals surface area contributed by atoms with Crippen molar-refractivity contribution in [3.8, 4) is 51.5 Å². The van der Waals surface area contributed by atoms with Gasteiger partial charge in [0.05, 0.1) is 54.1 Å². The minimum absolute atomic E-state index is 0.122. The van der Waals surface area contributed by atoms with Crippen LogP contribution in [0.15, 0.2) is 48.8 Å². The Hall–Kier alpha value is -4.30. The molecule has 3 heterocycles. The number of aryl methyl sites for hydroxylation is 1. The number of nitriles is 1. The highest BCUT2D eigenvalue weighted by molar-refractivity contribution is 6.39. The highest BCUT2D eigenvalue weighted by Crippen LogP contribution is 2.42. The lowest BCUT2D eigenvalue weighted by molar-refractivity contribution is -0.119. The Morgan fingerprint density at radius 3 is 2.10 bits per heavy atom. The first-order valence-corrected chi connectivity index (χ1v) is 16.9. The van der Waals surface area contributed by atoms with Crippen LogP contribution in [0.4, 0.5) is 0 Å². The largest absolute Gasteiger partial charge is 0.480 e. The van der Waals surface area contributed by atoms with Crippen LogP contribution in [-0.4, -0.2) is 52.6 Å². The lowest BCUT2D eigenvalue weighted by atomic mass is 9.98. The zero-order valence-electron chi connectivity index (χ0n) is 26.9. The van der Waals surface area contributed by atoms with Crippen LogP contribution in [0.5, 0.6) is 11.8 Å². The number of nitrogens with one attached hydrogen (secondary N) is 2. The first-order valence-electron chi connectivity index (χ1n) is 16.1. The average molecular weight is 687 g/mol. The average Bonchev–Trinajstić information content (AvgIpc) is 3.71. The highest BCUT2D eigenvalue weighted by atomic mass is 35.5. The quantitative estimate of drug-likeness (QED) is 0.146. The summed E-state index contributed by atoms with van der Waals surface area (Å²) in [5.41, 5.74) is 5.49. The Kier molecular flexibility index (Phi) is 10.7. The molecule has 1 aliphatic carbocycles. The van der Waals surface area contributed by atoms with Crippen LogP contribution < -0.4 is 20.1 Å². The summed E-state index contributed by atoms with van der Waals surface area (Å²) in [6.45, 7) is 1.34. The van der Waals surface area contributed by atoms with Gasteiger partial charge in [-0.25, -0.2) is 9.97 Å². The van der Waals surface area contributed by atoms with Crippen LogP contribution in [0.1, 0.15) is 49.9 Å². The smallest absolute Gasteiger partial charge is 0.237 e. The van der Waals surface area contributed by atoms with Gasteiger partial charge in [0.2, 0.25) is 17.7 Å². The molecule has 6 rings (SSSR count). The number of amides is 1. The molecule has 2 unspecified atom stereocenters. The molecule has 2 aromatic heterocycles. The molecule has 48 heavy (non-hydrogen) atoms. The second-order valence-electron chi connectivity index (χ2n) is 12.2. The number of hydrogen-bond acceptors (Lipinski definition) is 9. The van der Waals surface area contributed by atoms with E-state index in [2.05, 4.69) is 26.7 Å². The monoisotopic (exact) mass is 685 g/mol. The summed E-state index contributed by atoms with van der Waals surface area (Å²) in [5, 5.41) is 16.3. The molecule has 10 nitrogen and oxygen atoms in total. The minimum atomic E-state index is 0.122. The number of halogens is 2. The van der Waals surface area contributed by atoms with Gasteiger partial charge in [0.15, 0.2) is 0 Å². The van der Waals surface area contributed by atoms with Crippen LogP contribution in [0.3, 0.4) is 0 Å². The van der Waals surface area contributed by atoms with E-state index in [9.17, 15) is 4.79 Å². The Bertz CT molecular complexity index is 1850.